The van der Waals surface area contributed by atoms with E-state index in [1.54, 1.807) is 21.4 Å². The second kappa shape index (κ2) is 8.95. The molecule has 31 heavy (non-hydrogen) atoms. The fourth-order valence-electron chi connectivity index (χ4n) is 3.70. The molecule has 2 heterocycles. The molecule has 0 saturated carbocycles. The molecule has 0 spiro atoms. The van der Waals surface area contributed by atoms with Crippen LogP contribution in [0.15, 0.2) is 65.7 Å². The van der Waals surface area contributed by atoms with Gasteiger partial charge in [-0.15, -0.1) is 10.2 Å². The van der Waals surface area contributed by atoms with E-state index < -0.39 is 0 Å². The topological polar surface area (TPSA) is 81.3 Å². The Bertz CT molecular complexity index is 1250. The smallest absolute Gasteiger partial charge is 0.300 e. The van der Waals surface area contributed by atoms with Crippen molar-refractivity contribution in [3.63, 3.8) is 0 Å². The van der Waals surface area contributed by atoms with E-state index in [0.29, 0.717) is 18.8 Å². The van der Waals surface area contributed by atoms with Crippen LogP contribution in [0, 0.1) is 13.8 Å². The molecule has 0 atom stereocenters. The summed E-state index contributed by atoms with van der Waals surface area (Å²) < 4.78 is 3.24. The summed E-state index contributed by atoms with van der Waals surface area (Å²) >= 11 is 0. The summed E-state index contributed by atoms with van der Waals surface area (Å²) in [5.74, 6) is 0.550. The maximum Gasteiger partial charge on any atom is 0.300 e. The number of nitrogens with zero attached hydrogens (tertiary/aromatic N) is 4. The van der Waals surface area contributed by atoms with Gasteiger partial charge in [0.15, 0.2) is 0 Å². The van der Waals surface area contributed by atoms with Crippen LogP contribution in [-0.2, 0) is 17.6 Å². The van der Waals surface area contributed by atoms with Gasteiger partial charge in [-0.25, -0.2) is 0 Å². The van der Waals surface area contributed by atoms with E-state index >= 15 is 0 Å². The lowest BCUT2D eigenvalue weighted by atomic mass is 10.1. The van der Waals surface area contributed by atoms with E-state index in [0.717, 1.165) is 23.2 Å². The van der Waals surface area contributed by atoms with Gasteiger partial charge in [0.1, 0.15) is 5.82 Å². The van der Waals surface area contributed by atoms with Gasteiger partial charge in [-0.3, -0.25) is 18.6 Å². The molecule has 0 unspecified atom stereocenters. The average Bonchev–Trinajstić information content (AvgIpc) is 3.16. The molecular formula is C24H25N5O2. The lowest BCUT2D eigenvalue weighted by Crippen LogP contribution is -2.26. The predicted octanol–water partition coefficient (Wildman–Crippen LogP) is 2.79. The Morgan fingerprint density at radius 3 is 2.45 bits per heavy atom. The lowest BCUT2D eigenvalue weighted by Gasteiger charge is -2.09. The van der Waals surface area contributed by atoms with Crippen molar-refractivity contribution >= 4 is 11.6 Å². The molecule has 0 aliphatic heterocycles. The van der Waals surface area contributed by atoms with Crippen molar-refractivity contribution in [2.75, 3.05) is 6.54 Å². The number of benzene rings is 2. The van der Waals surface area contributed by atoms with Gasteiger partial charge in [-0.2, -0.15) is 0 Å². The van der Waals surface area contributed by atoms with Crippen molar-refractivity contribution in [1.82, 2.24) is 24.5 Å². The Kier molecular flexibility index (Phi) is 5.93. The van der Waals surface area contributed by atoms with Gasteiger partial charge in [-0.05, 0) is 49.1 Å². The van der Waals surface area contributed by atoms with E-state index in [2.05, 4.69) is 21.6 Å². The average molecular weight is 415 g/mol. The zero-order valence-electron chi connectivity index (χ0n) is 17.7. The first-order valence-corrected chi connectivity index (χ1v) is 10.4. The Balaban J connectivity index is 1.43. The minimum absolute atomic E-state index is 0.0451. The van der Waals surface area contributed by atoms with Gasteiger partial charge in [0.25, 0.3) is 0 Å². The minimum atomic E-state index is -0.237. The zero-order chi connectivity index (χ0) is 21.8. The van der Waals surface area contributed by atoms with Gasteiger partial charge >= 0.3 is 5.56 Å². The number of aryl methyl sites for hydroxylation is 3. The number of nitrogens with one attached hydrogen (secondary N) is 1. The predicted molar refractivity (Wildman–Crippen MR) is 120 cm³/mol. The first kappa shape index (κ1) is 20.5. The Hall–Kier alpha value is -3.74. The highest BCUT2D eigenvalue weighted by Gasteiger charge is 2.13. The fraction of sp³-hybridized carbons (Fsp3) is 0.250. The first-order chi connectivity index (χ1) is 15.0. The number of fused-ring (bicyclic) bond motifs is 1. The molecule has 7 heteroatoms. The van der Waals surface area contributed by atoms with Gasteiger partial charge in [-0.1, -0.05) is 36.4 Å². The quantitative estimate of drug-likeness (QED) is 0.503. The molecule has 2 aromatic carbocycles. The standard InChI is InChI=1S/C24H25N5O2/c1-17-14-18(2)16-20(15-17)28-12-13-29-21(26-27-23(29)24(28)31)8-9-22(30)25-11-10-19-6-4-3-5-7-19/h3-7,12-16H,8-11H2,1-2H3,(H,25,30). The van der Waals surface area contributed by atoms with Gasteiger partial charge < -0.3 is 5.32 Å². The van der Waals surface area contributed by atoms with Crippen LogP contribution in [0.1, 0.15) is 28.9 Å². The van der Waals surface area contributed by atoms with E-state index in [9.17, 15) is 9.59 Å². The van der Waals surface area contributed by atoms with Gasteiger partial charge in [0.05, 0.1) is 0 Å². The van der Waals surface area contributed by atoms with Crippen LogP contribution < -0.4 is 10.9 Å². The van der Waals surface area contributed by atoms with Crippen molar-refractivity contribution in [2.45, 2.75) is 33.1 Å². The molecule has 0 saturated heterocycles. The van der Waals surface area contributed by atoms with Crippen LogP contribution in [0.3, 0.4) is 0 Å². The molecule has 0 aliphatic rings. The summed E-state index contributed by atoms with van der Waals surface area (Å²) in [7, 11) is 0. The molecule has 0 bridgehead atoms. The number of carbonyl (C=O) groups excluding carboxylic acids is 1. The number of amides is 1. The summed E-state index contributed by atoms with van der Waals surface area (Å²) in [6.45, 7) is 4.59. The number of aromatic nitrogens is 4. The van der Waals surface area contributed by atoms with Crippen molar-refractivity contribution in [1.29, 1.82) is 0 Å². The molecule has 4 rings (SSSR count). The summed E-state index contributed by atoms with van der Waals surface area (Å²) in [6.07, 6.45) is 4.98. The number of rotatable bonds is 7. The third-order valence-corrected chi connectivity index (χ3v) is 5.18. The van der Waals surface area contributed by atoms with E-state index in [1.807, 2.05) is 56.3 Å². The summed E-state index contributed by atoms with van der Waals surface area (Å²) in [5.41, 5.74) is 4.17. The highest BCUT2D eigenvalue weighted by molar-refractivity contribution is 5.76. The lowest BCUT2D eigenvalue weighted by molar-refractivity contribution is -0.121. The molecule has 7 nitrogen and oxygen atoms in total. The molecule has 158 valence electrons. The molecule has 0 fully saturated rings. The number of carbonyl (C=O) groups is 1. The molecular weight excluding hydrogens is 390 g/mol. The van der Waals surface area contributed by atoms with E-state index in [4.69, 9.17) is 0 Å². The molecule has 0 aliphatic carbocycles. The summed E-state index contributed by atoms with van der Waals surface area (Å²) in [5, 5.41) is 11.2. The van der Waals surface area contributed by atoms with Crippen molar-refractivity contribution in [3.05, 3.63) is 93.8 Å². The largest absolute Gasteiger partial charge is 0.356 e. The van der Waals surface area contributed by atoms with Crippen molar-refractivity contribution in [2.24, 2.45) is 0 Å². The maximum atomic E-state index is 12.9. The number of hydrogen-bond donors (Lipinski definition) is 1. The van der Waals surface area contributed by atoms with Crippen LogP contribution in [0.25, 0.3) is 11.3 Å². The molecule has 4 aromatic rings. The second-order valence-electron chi connectivity index (χ2n) is 7.71. The molecule has 2 aromatic heterocycles. The van der Waals surface area contributed by atoms with Crippen molar-refractivity contribution in [3.8, 4) is 5.69 Å². The number of hydrogen-bond acceptors (Lipinski definition) is 4. The van der Waals surface area contributed by atoms with Crippen LogP contribution in [0.4, 0.5) is 0 Å². The van der Waals surface area contributed by atoms with Crippen molar-refractivity contribution < 1.29 is 4.79 Å². The van der Waals surface area contributed by atoms with Crippen LogP contribution >= 0.6 is 0 Å². The summed E-state index contributed by atoms with van der Waals surface area (Å²) in [6, 6.07) is 16.0. The highest BCUT2D eigenvalue weighted by atomic mass is 16.1. The molecule has 1 N–H and O–H groups in total. The zero-order valence-corrected chi connectivity index (χ0v) is 17.7. The third-order valence-electron chi connectivity index (χ3n) is 5.18. The van der Waals surface area contributed by atoms with E-state index in [1.165, 1.54) is 5.56 Å². The van der Waals surface area contributed by atoms with Crippen LogP contribution in [0.5, 0.6) is 0 Å². The maximum absolute atomic E-state index is 12.9. The van der Waals surface area contributed by atoms with E-state index in [-0.39, 0.29) is 23.5 Å². The normalized spacial score (nSPS) is 11.0. The van der Waals surface area contributed by atoms with Gasteiger partial charge in [0, 0.05) is 37.5 Å². The molecule has 0 radical (unpaired) electrons. The molecule has 1 amide bonds. The Labute approximate surface area is 180 Å². The van der Waals surface area contributed by atoms with Crippen LogP contribution in [0.2, 0.25) is 0 Å². The Morgan fingerprint density at radius 2 is 1.71 bits per heavy atom. The monoisotopic (exact) mass is 415 g/mol. The minimum Gasteiger partial charge on any atom is -0.356 e. The highest BCUT2D eigenvalue weighted by Crippen LogP contribution is 2.13. The Morgan fingerprint density at radius 1 is 0.968 bits per heavy atom. The second-order valence-corrected chi connectivity index (χ2v) is 7.71. The van der Waals surface area contributed by atoms with Gasteiger partial charge in [0.2, 0.25) is 11.6 Å². The fourth-order valence-corrected chi connectivity index (χ4v) is 3.70. The first-order valence-electron chi connectivity index (χ1n) is 10.4. The third kappa shape index (κ3) is 4.71. The SMILES string of the molecule is Cc1cc(C)cc(-n2ccn3c(CCC(=O)NCCc4ccccc4)nnc3c2=O)c1. The van der Waals surface area contributed by atoms with Crippen LogP contribution in [-0.4, -0.2) is 31.6 Å². The summed E-state index contributed by atoms with van der Waals surface area (Å²) in [4.78, 5) is 25.1.